The van der Waals surface area contributed by atoms with Gasteiger partial charge >= 0.3 is 5.97 Å². The number of carbonyl (C=O) groups is 2. The summed E-state index contributed by atoms with van der Waals surface area (Å²) in [7, 11) is 0. The number of benzene rings is 1. The molecule has 0 unspecified atom stereocenters. The van der Waals surface area contributed by atoms with Gasteiger partial charge in [0.1, 0.15) is 6.61 Å². The highest BCUT2D eigenvalue weighted by atomic mass is 127. The molecule has 0 bridgehead atoms. The molecule has 7 heteroatoms. The fourth-order valence-corrected chi connectivity index (χ4v) is 3.17. The molecule has 5 nitrogen and oxygen atoms in total. The zero-order valence-electron chi connectivity index (χ0n) is 11.2. The quantitative estimate of drug-likeness (QED) is 0.691. The van der Waals surface area contributed by atoms with Gasteiger partial charge in [0.15, 0.2) is 0 Å². The van der Waals surface area contributed by atoms with Crippen molar-refractivity contribution in [2.45, 2.75) is 18.9 Å². The van der Waals surface area contributed by atoms with E-state index >= 15 is 0 Å². The Morgan fingerprint density at radius 3 is 2.67 bits per heavy atom. The standard InChI is InChI=1S/C14H15BrINO4/c15-9-1-2-12(16)11(7-9)14(20)17-5-3-10(4-6-17)21-8-13(18)19/h1-2,7,10H,3-6,8H2,(H,18,19). The summed E-state index contributed by atoms with van der Waals surface area (Å²) in [4.78, 5) is 24.8. The Morgan fingerprint density at radius 1 is 1.38 bits per heavy atom. The third-order valence-corrected chi connectivity index (χ3v) is 4.76. The van der Waals surface area contributed by atoms with Crippen molar-refractivity contribution in [2.75, 3.05) is 19.7 Å². The van der Waals surface area contributed by atoms with E-state index in [1.165, 1.54) is 0 Å². The Morgan fingerprint density at radius 2 is 2.05 bits per heavy atom. The zero-order valence-corrected chi connectivity index (χ0v) is 15.0. The molecule has 0 atom stereocenters. The maximum Gasteiger partial charge on any atom is 0.329 e. The minimum absolute atomic E-state index is 0.0115. The van der Waals surface area contributed by atoms with Crippen molar-refractivity contribution in [2.24, 2.45) is 0 Å². The Kier molecular flexibility index (Phi) is 6.00. The molecule has 1 fully saturated rings. The largest absolute Gasteiger partial charge is 0.480 e. The third kappa shape index (κ3) is 4.65. The fourth-order valence-electron chi connectivity index (χ4n) is 2.25. The van der Waals surface area contributed by atoms with Gasteiger partial charge in [0.05, 0.1) is 11.7 Å². The first kappa shape index (κ1) is 16.7. The molecule has 1 aliphatic heterocycles. The number of piperidine rings is 1. The molecule has 0 saturated carbocycles. The van der Waals surface area contributed by atoms with E-state index in [9.17, 15) is 9.59 Å². The first-order chi connectivity index (χ1) is 9.97. The molecule has 1 aliphatic rings. The molecule has 21 heavy (non-hydrogen) atoms. The highest BCUT2D eigenvalue weighted by Gasteiger charge is 2.25. The van der Waals surface area contributed by atoms with Gasteiger partial charge < -0.3 is 14.7 Å². The van der Waals surface area contributed by atoms with Crippen LogP contribution in [0.2, 0.25) is 0 Å². The van der Waals surface area contributed by atoms with E-state index in [2.05, 4.69) is 38.5 Å². The minimum Gasteiger partial charge on any atom is -0.480 e. The van der Waals surface area contributed by atoms with Gasteiger partial charge in [-0.25, -0.2) is 4.79 Å². The Hall–Kier alpha value is -0.670. The molecule has 1 heterocycles. The number of ether oxygens (including phenoxy) is 1. The van der Waals surface area contributed by atoms with Crippen LogP contribution in [0.15, 0.2) is 22.7 Å². The molecular weight excluding hydrogens is 453 g/mol. The Labute approximate surface area is 144 Å². The molecule has 0 radical (unpaired) electrons. The van der Waals surface area contributed by atoms with E-state index in [-0.39, 0.29) is 18.6 Å². The molecule has 1 saturated heterocycles. The average molecular weight is 468 g/mol. The van der Waals surface area contributed by atoms with E-state index in [1.807, 2.05) is 18.2 Å². The van der Waals surface area contributed by atoms with Crippen molar-refractivity contribution in [1.29, 1.82) is 0 Å². The maximum absolute atomic E-state index is 12.5. The smallest absolute Gasteiger partial charge is 0.329 e. The summed E-state index contributed by atoms with van der Waals surface area (Å²) >= 11 is 5.54. The summed E-state index contributed by atoms with van der Waals surface area (Å²) in [6.07, 6.45) is 1.26. The minimum atomic E-state index is -0.961. The predicted molar refractivity (Wildman–Crippen MR) is 89.4 cm³/mol. The van der Waals surface area contributed by atoms with Gasteiger partial charge in [-0.1, -0.05) is 15.9 Å². The summed E-state index contributed by atoms with van der Waals surface area (Å²) in [6, 6.07) is 5.64. The molecule has 114 valence electrons. The van der Waals surface area contributed by atoms with Crippen LogP contribution in [0.3, 0.4) is 0 Å². The van der Waals surface area contributed by atoms with Crippen LogP contribution in [0.4, 0.5) is 0 Å². The number of rotatable bonds is 4. The van der Waals surface area contributed by atoms with Gasteiger partial charge in [0.2, 0.25) is 0 Å². The zero-order chi connectivity index (χ0) is 15.4. The van der Waals surface area contributed by atoms with E-state index in [4.69, 9.17) is 9.84 Å². The third-order valence-electron chi connectivity index (χ3n) is 3.33. The molecule has 2 rings (SSSR count). The predicted octanol–water partition coefficient (Wildman–Crippen LogP) is 2.76. The van der Waals surface area contributed by atoms with E-state index in [0.29, 0.717) is 31.5 Å². The van der Waals surface area contributed by atoms with Crippen LogP contribution in [-0.4, -0.2) is 47.7 Å². The van der Waals surface area contributed by atoms with Crippen molar-refractivity contribution in [3.8, 4) is 0 Å². The van der Waals surface area contributed by atoms with Gasteiger partial charge in [-0.05, 0) is 53.6 Å². The normalized spacial score (nSPS) is 16.0. The molecule has 1 N–H and O–H groups in total. The summed E-state index contributed by atoms with van der Waals surface area (Å²) in [5.74, 6) is -0.949. The number of hydrogen-bond donors (Lipinski definition) is 1. The number of nitrogens with zero attached hydrogens (tertiary/aromatic N) is 1. The molecule has 0 aliphatic carbocycles. The molecule has 0 aromatic heterocycles. The summed E-state index contributed by atoms with van der Waals surface area (Å²) < 4.78 is 7.08. The lowest BCUT2D eigenvalue weighted by Crippen LogP contribution is -2.41. The van der Waals surface area contributed by atoms with E-state index in [1.54, 1.807) is 4.90 Å². The second-order valence-electron chi connectivity index (χ2n) is 4.82. The van der Waals surface area contributed by atoms with Crippen LogP contribution in [0.1, 0.15) is 23.2 Å². The van der Waals surface area contributed by atoms with Crippen molar-refractivity contribution in [3.63, 3.8) is 0 Å². The average Bonchev–Trinajstić information content (AvgIpc) is 2.47. The van der Waals surface area contributed by atoms with E-state index in [0.717, 1.165) is 8.04 Å². The van der Waals surface area contributed by atoms with Gasteiger partial charge in [0.25, 0.3) is 5.91 Å². The molecule has 1 aromatic carbocycles. The van der Waals surface area contributed by atoms with Crippen molar-refractivity contribution in [1.82, 2.24) is 4.90 Å². The number of hydrogen-bond acceptors (Lipinski definition) is 3. The van der Waals surface area contributed by atoms with Crippen LogP contribution < -0.4 is 0 Å². The molecule has 1 amide bonds. The number of carboxylic acids is 1. The van der Waals surface area contributed by atoms with E-state index < -0.39 is 5.97 Å². The molecule has 1 aromatic rings. The van der Waals surface area contributed by atoms with Crippen molar-refractivity contribution >= 4 is 50.4 Å². The van der Waals surface area contributed by atoms with Crippen LogP contribution in [-0.2, 0) is 9.53 Å². The summed E-state index contributed by atoms with van der Waals surface area (Å²) in [6.45, 7) is 0.902. The number of aliphatic carboxylic acids is 1. The van der Waals surface area contributed by atoms with Gasteiger partial charge in [0, 0.05) is 21.1 Å². The fraction of sp³-hybridized carbons (Fsp3) is 0.429. The van der Waals surface area contributed by atoms with Gasteiger partial charge in [-0.15, -0.1) is 0 Å². The van der Waals surface area contributed by atoms with Crippen LogP contribution in [0, 0.1) is 3.57 Å². The topological polar surface area (TPSA) is 66.8 Å². The van der Waals surface area contributed by atoms with Crippen molar-refractivity contribution < 1.29 is 19.4 Å². The molecule has 0 spiro atoms. The highest BCUT2D eigenvalue weighted by Crippen LogP contribution is 2.22. The maximum atomic E-state index is 12.5. The van der Waals surface area contributed by atoms with Crippen LogP contribution in [0.25, 0.3) is 0 Å². The second kappa shape index (κ2) is 7.55. The number of halogens is 2. The summed E-state index contributed by atoms with van der Waals surface area (Å²) in [5.41, 5.74) is 0.690. The monoisotopic (exact) mass is 467 g/mol. The highest BCUT2D eigenvalue weighted by molar-refractivity contribution is 14.1. The Bertz CT molecular complexity index is 544. The van der Waals surface area contributed by atoms with Crippen LogP contribution >= 0.6 is 38.5 Å². The Balaban J connectivity index is 1.94. The van der Waals surface area contributed by atoms with Crippen molar-refractivity contribution in [3.05, 3.63) is 31.8 Å². The number of carboxylic acid groups (broad SMARTS) is 1. The second-order valence-corrected chi connectivity index (χ2v) is 6.90. The lowest BCUT2D eigenvalue weighted by atomic mass is 10.1. The summed E-state index contributed by atoms with van der Waals surface area (Å²) in [5, 5.41) is 8.59. The van der Waals surface area contributed by atoms with Gasteiger partial charge in [-0.3, -0.25) is 4.79 Å². The number of carbonyl (C=O) groups excluding carboxylic acids is 1. The lowest BCUT2D eigenvalue weighted by molar-refractivity contribution is -0.145. The lowest BCUT2D eigenvalue weighted by Gasteiger charge is -2.32. The number of likely N-dealkylation sites (tertiary alicyclic amines) is 1. The number of amides is 1. The molecular formula is C14H15BrINO4. The first-order valence-corrected chi connectivity index (χ1v) is 8.42. The SMILES string of the molecule is O=C(O)COC1CCN(C(=O)c2cc(Br)ccc2I)CC1. The first-order valence-electron chi connectivity index (χ1n) is 6.55. The van der Waals surface area contributed by atoms with Gasteiger partial charge in [-0.2, -0.15) is 0 Å². The van der Waals surface area contributed by atoms with Crippen LogP contribution in [0.5, 0.6) is 0 Å².